The third-order valence-corrected chi connectivity index (χ3v) is 4.35. The predicted octanol–water partition coefficient (Wildman–Crippen LogP) is 5.64. The Kier molecular flexibility index (Phi) is 5.79. The molecule has 2 aromatic rings. The fourth-order valence-corrected chi connectivity index (χ4v) is 3.28. The van der Waals surface area contributed by atoms with E-state index in [1.165, 1.54) is 25.3 Å². The number of aryl methyl sites for hydroxylation is 1. The van der Waals surface area contributed by atoms with E-state index in [-0.39, 0.29) is 11.3 Å². The van der Waals surface area contributed by atoms with Crippen molar-refractivity contribution in [1.82, 2.24) is 0 Å². The zero-order chi connectivity index (χ0) is 18.1. The van der Waals surface area contributed by atoms with E-state index in [1.807, 2.05) is 0 Å². The van der Waals surface area contributed by atoms with E-state index in [0.717, 1.165) is 6.07 Å². The number of ether oxygens (including phenoxy) is 1. The van der Waals surface area contributed by atoms with E-state index < -0.39 is 17.6 Å². The lowest BCUT2D eigenvalue weighted by molar-refractivity contribution is -0.137. The summed E-state index contributed by atoms with van der Waals surface area (Å²) in [7, 11) is 1.40. The summed E-state index contributed by atoms with van der Waals surface area (Å²) in [5.74, 6) is -0.363. The Morgan fingerprint density at radius 1 is 1.25 bits per heavy atom. The van der Waals surface area contributed by atoms with Gasteiger partial charge in [-0.3, -0.25) is 4.79 Å². The van der Waals surface area contributed by atoms with Gasteiger partial charge in [-0.25, -0.2) is 0 Å². The highest BCUT2D eigenvalue weighted by Gasteiger charge is 2.34. The van der Waals surface area contributed by atoms with E-state index in [2.05, 4.69) is 21.2 Å². The van der Waals surface area contributed by atoms with Crippen molar-refractivity contribution >= 4 is 50.1 Å². The van der Waals surface area contributed by atoms with Crippen LogP contribution in [0.15, 0.2) is 34.8 Å². The van der Waals surface area contributed by atoms with Gasteiger partial charge in [-0.15, -0.1) is 0 Å². The van der Waals surface area contributed by atoms with E-state index in [4.69, 9.17) is 4.74 Å². The number of nitrogens with one attached hydrogen (secondary N) is 1. The maximum absolute atomic E-state index is 13.2. The van der Waals surface area contributed by atoms with Gasteiger partial charge in [0.1, 0.15) is 5.75 Å². The molecule has 0 radical (unpaired) electrons. The fourth-order valence-electron chi connectivity index (χ4n) is 2.22. The predicted molar refractivity (Wildman–Crippen MR) is 97.5 cm³/mol. The second-order valence-electron chi connectivity index (χ2n) is 4.95. The smallest absolute Gasteiger partial charge is 0.418 e. The number of hydrogen-bond acceptors (Lipinski definition) is 2. The lowest BCUT2D eigenvalue weighted by Gasteiger charge is -2.16. The number of methoxy groups -OCH3 is 1. The van der Waals surface area contributed by atoms with Crippen molar-refractivity contribution < 1.29 is 22.7 Å². The Balaban J connectivity index is 2.45. The Labute approximate surface area is 158 Å². The quantitative estimate of drug-likeness (QED) is 0.539. The van der Waals surface area contributed by atoms with Gasteiger partial charge in [0.25, 0.3) is 5.91 Å². The van der Waals surface area contributed by atoms with Gasteiger partial charge in [0.05, 0.1) is 23.9 Å². The average molecular weight is 514 g/mol. The van der Waals surface area contributed by atoms with Gasteiger partial charge in [-0.05, 0) is 65.4 Å². The van der Waals surface area contributed by atoms with E-state index in [9.17, 15) is 18.0 Å². The molecule has 0 bridgehead atoms. The Morgan fingerprint density at radius 3 is 2.50 bits per heavy atom. The number of halogens is 5. The first-order valence-corrected chi connectivity index (χ1v) is 8.53. The molecule has 0 aliphatic carbocycles. The molecule has 1 N–H and O–H groups in total. The second kappa shape index (κ2) is 7.30. The highest BCUT2D eigenvalue weighted by atomic mass is 127. The van der Waals surface area contributed by atoms with Crippen LogP contribution in [-0.4, -0.2) is 13.0 Å². The number of anilines is 1. The third kappa shape index (κ3) is 4.21. The summed E-state index contributed by atoms with van der Waals surface area (Å²) in [6, 6.07) is 6.97. The normalized spacial score (nSPS) is 11.3. The van der Waals surface area contributed by atoms with Crippen LogP contribution in [0.3, 0.4) is 0 Å². The van der Waals surface area contributed by atoms with E-state index in [1.54, 1.807) is 35.6 Å². The molecular formula is C16H12BrF3INO2. The van der Waals surface area contributed by atoms with Crippen molar-refractivity contribution in [1.29, 1.82) is 0 Å². The molecule has 0 aliphatic heterocycles. The van der Waals surface area contributed by atoms with Crippen molar-refractivity contribution in [3.8, 4) is 5.75 Å². The van der Waals surface area contributed by atoms with Gasteiger partial charge in [0.15, 0.2) is 0 Å². The van der Waals surface area contributed by atoms with Crippen LogP contribution in [0, 0.1) is 10.5 Å². The molecule has 0 spiro atoms. The van der Waals surface area contributed by atoms with Gasteiger partial charge in [0.2, 0.25) is 0 Å². The Hall–Kier alpha value is -1.29. The van der Waals surface area contributed by atoms with Gasteiger partial charge >= 0.3 is 6.18 Å². The van der Waals surface area contributed by atoms with Crippen LogP contribution in [0.4, 0.5) is 18.9 Å². The van der Waals surface area contributed by atoms with Crippen molar-refractivity contribution in [2.24, 2.45) is 0 Å². The summed E-state index contributed by atoms with van der Waals surface area (Å²) in [5.41, 5.74) is -0.354. The summed E-state index contributed by atoms with van der Waals surface area (Å²) in [6.45, 7) is 1.74. The van der Waals surface area contributed by atoms with Crippen LogP contribution in [0.1, 0.15) is 21.5 Å². The molecule has 1 amide bonds. The highest BCUT2D eigenvalue weighted by molar-refractivity contribution is 14.1. The van der Waals surface area contributed by atoms with Crippen molar-refractivity contribution in [2.45, 2.75) is 13.1 Å². The molecule has 0 unspecified atom stereocenters. The topological polar surface area (TPSA) is 38.3 Å². The summed E-state index contributed by atoms with van der Waals surface area (Å²) in [5, 5.41) is 2.33. The maximum Gasteiger partial charge on any atom is 0.418 e. The minimum absolute atomic E-state index is 0.149. The van der Waals surface area contributed by atoms with Crippen LogP contribution in [0.5, 0.6) is 5.75 Å². The number of hydrogen-bond donors (Lipinski definition) is 1. The standard InChI is InChI=1S/C16H12BrF3INO2/c1-8-5-9(17)6-11(14(8)24-2)15(23)22-13-4-3-10(21)7-12(13)16(18,19)20/h3-7H,1-2H3,(H,22,23). The highest BCUT2D eigenvalue weighted by Crippen LogP contribution is 2.36. The van der Waals surface area contributed by atoms with E-state index >= 15 is 0 Å². The van der Waals surface area contributed by atoms with Crippen LogP contribution < -0.4 is 10.1 Å². The SMILES string of the molecule is COc1c(C)cc(Br)cc1C(=O)Nc1ccc(I)cc1C(F)(F)F. The lowest BCUT2D eigenvalue weighted by atomic mass is 10.1. The van der Waals surface area contributed by atoms with Gasteiger partial charge in [-0.2, -0.15) is 13.2 Å². The Morgan fingerprint density at radius 2 is 1.92 bits per heavy atom. The largest absolute Gasteiger partial charge is 0.496 e. The second-order valence-corrected chi connectivity index (χ2v) is 7.11. The summed E-state index contributed by atoms with van der Waals surface area (Å²) in [6.07, 6.45) is -4.57. The van der Waals surface area contributed by atoms with Gasteiger partial charge in [-0.1, -0.05) is 15.9 Å². The zero-order valence-corrected chi connectivity index (χ0v) is 16.3. The minimum atomic E-state index is -4.57. The number of benzene rings is 2. The van der Waals surface area contributed by atoms with Gasteiger partial charge < -0.3 is 10.1 Å². The first-order valence-electron chi connectivity index (χ1n) is 6.65. The minimum Gasteiger partial charge on any atom is -0.496 e. The van der Waals surface area contributed by atoms with Crippen LogP contribution in [0.2, 0.25) is 0 Å². The average Bonchev–Trinajstić information content (AvgIpc) is 2.47. The number of amides is 1. The molecule has 2 aromatic carbocycles. The molecule has 0 aromatic heterocycles. The van der Waals surface area contributed by atoms with Crippen LogP contribution in [0.25, 0.3) is 0 Å². The molecule has 0 saturated heterocycles. The fraction of sp³-hybridized carbons (Fsp3) is 0.188. The molecule has 0 atom stereocenters. The number of alkyl halides is 3. The van der Waals surface area contributed by atoms with Crippen LogP contribution in [-0.2, 0) is 6.18 Å². The third-order valence-electron chi connectivity index (χ3n) is 3.22. The number of carbonyl (C=O) groups excluding carboxylic acids is 1. The molecule has 3 nitrogen and oxygen atoms in total. The molecule has 0 fully saturated rings. The molecule has 0 aliphatic rings. The molecule has 128 valence electrons. The number of carbonyl (C=O) groups is 1. The zero-order valence-electron chi connectivity index (χ0n) is 12.6. The van der Waals surface area contributed by atoms with Crippen molar-refractivity contribution in [3.63, 3.8) is 0 Å². The number of rotatable bonds is 3. The van der Waals surface area contributed by atoms with Crippen molar-refractivity contribution in [2.75, 3.05) is 12.4 Å². The molecule has 24 heavy (non-hydrogen) atoms. The van der Waals surface area contributed by atoms with Crippen LogP contribution >= 0.6 is 38.5 Å². The summed E-state index contributed by atoms with van der Waals surface area (Å²) < 4.78 is 45.8. The molecule has 0 saturated carbocycles. The first-order chi connectivity index (χ1) is 11.1. The monoisotopic (exact) mass is 513 g/mol. The van der Waals surface area contributed by atoms with E-state index in [0.29, 0.717) is 19.4 Å². The molecular weight excluding hydrogens is 502 g/mol. The Bertz CT molecular complexity index is 794. The van der Waals surface area contributed by atoms with Crippen molar-refractivity contribution in [3.05, 3.63) is 55.1 Å². The summed E-state index contributed by atoms with van der Waals surface area (Å²) >= 11 is 5.06. The lowest BCUT2D eigenvalue weighted by Crippen LogP contribution is -2.18. The molecule has 2 rings (SSSR count). The molecule has 0 heterocycles. The van der Waals surface area contributed by atoms with Gasteiger partial charge in [0, 0.05) is 8.04 Å². The summed E-state index contributed by atoms with van der Waals surface area (Å²) in [4.78, 5) is 12.5. The maximum atomic E-state index is 13.2. The first kappa shape index (κ1) is 19.0. The molecule has 8 heteroatoms.